The van der Waals surface area contributed by atoms with Crippen LogP contribution >= 0.6 is 22.6 Å². The van der Waals surface area contributed by atoms with Gasteiger partial charge in [-0.2, -0.15) is 43.9 Å². The van der Waals surface area contributed by atoms with Crippen LogP contribution in [0, 0.1) is 0 Å². The maximum Gasteiger partial charge on any atom is 0.384 e. The number of hydrogen-bond donors (Lipinski definition) is 0. The Bertz CT molecular complexity index is 503. The van der Waals surface area contributed by atoms with Crippen LogP contribution in [-0.2, 0) is 9.53 Å². The molecule has 1 unspecified atom stereocenters. The van der Waals surface area contributed by atoms with Crippen molar-refractivity contribution in [3.63, 3.8) is 0 Å². The summed E-state index contributed by atoms with van der Waals surface area (Å²) in [6.07, 6.45) is -2.62. The molecule has 0 saturated heterocycles. The topological polar surface area (TPSA) is 26.3 Å². The van der Waals surface area contributed by atoms with Crippen molar-refractivity contribution in [2.24, 2.45) is 0 Å². The molecular weight excluding hydrogens is 488 g/mol. The quantitative estimate of drug-likeness (QED) is 0.254. The van der Waals surface area contributed by atoms with Crippen molar-refractivity contribution in [3.05, 3.63) is 0 Å². The highest BCUT2D eigenvalue weighted by molar-refractivity contribution is 14.1. The van der Waals surface area contributed by atoms with E-state index in [4.69, 9.17) is 0 Å². The van der Waals surface area contributed by atoms with E-state index in [1.54, 1.807) is 0 Å². The van der Waals surface area contributed by atoms with E-state index in [1.807, 2.05) is 0 Å². The van der Waals surface area contributed by atoms with Crippen LogP contribution < -0.4 is 0 Å². The second-order valence-corrected chi connectivity index (χ2v) is 6.37. The Labute approximate surface area is 139 Å². The lowest BCUT2D eigenvalue weighted by atomic mass is 9.70. The first-order valence-corrected chi connectivity index (χ1v) is 6.91. The van der Waals surface area contributed by atoms with Crippen LogP contribution in [0.3, 0.4) is 0 Å². The lowest BCUT2D eigenvalue weighted by molar-refractivity contribution is -0.485. The van der Waals surface area contributed by atoms with E-state index >= 15 is 0 Å². The van der Waals surface area contributed by atoms with Crippen molar-refractivity contribution in [2.75, 3.05) is 7.11 Å². The molecule has 0 aromatic carbocycles. The zero-order valence-corrected chi connectivity index (χ0v) is 13.3. The minimum Gasteiger partial charge on any atom is -0.468 e. The predicted molar refractivity (Wildman–Crippen MR) is 63.0 cm³/mol. The van der Waals surface area contributed by atoms with Crippen molar-refractivity contribution in [2.45, 2.75) is 45.6 Å². The lowest BCUT2D eigenvalue weighted by Crippen LogP contribution is -2.84. The molecule has 0 N–H and O–H groups in total. The van der Waals surface area contributed by atoms with Crippen LogP contribution in [0.5, 0.6) is 0 Å². The molecule has 0 amide bonds. The van der Waals surface area contributed by atoms with Crippen LogP contribution in [0.2, 0.25) is 0 Å². The van der Waals surface area contributed by atoms with Gasteiger partial charge >= 0.3 is 35.6 Å². The molecule has 0 radical (unpaired) electrons. The number of ether oxygens (including phenoxy) is 1. The van der Waals surface area contributed by atoms with E-state index in [0.717, 1.165) is 0 Å². The first-order valence-electron chi connectivity index (χ1n) is 5.66. The summed E-state index contributed by atoms with van der Waals surface area (Å²) < 4.78 is 148. The van der Waals surface area contributed by atoms with E-state index in [-0.39, 0.29) is 0 Å². The van der Waals surface area contributed by atoms with Gasteiger partial charge in [-0.3, -0.25) is 4.79 Å². The Kier molecular flexibility index (Phi) is 4.89. The summed E-state index contributed by atoms with van der Waals surface area (Å²) >= 11 is 0.687. The fourth-order valence-electron chi connectivity index (χ4n) is 2.00. The van der Waals surface area contributed by atoms with Gasteiger partial charge in [-0.25, -0.2) is 4.39 Å². The van der Waals surface area contributed by atoms with Gasteiger partial charge in [-0.1, -0.05) is 22.6 Å². The minimum absolute atomic E-state index is 0.577. The third-order valence-electron chi connectivity index (χ3n) is 3.49. The highest BCUT2D eigenvalue weighted by Gasteiger charge is 3.00. The van der Waals surface area contributed by atoms with Crippen LogP contribution in [0.15, 0.2) is 0 Å². The van der Waals surface area contributed by atoms with Gasteiger partial charge in [0.2, 0.25) is 0 Å². The summed E-state index contributed by atoms with van der Waals surface area (Å²) in [7, 11) is 0.577. The van der Waals surface area contributed by atoms with Crippen LogP contribution in [0.4, 0.5) is 48.3 Å². The molecule has 1 saturated carbocycles. The van der Waals surface area contributed by atoms with Gasteiger partial charge in [0.1, 0.15) is 3.92 Å². The zero-order chi connectivity index (χ0) is 19.6. The van der Waals surface area contributed by atoms with Crippen molar-refractivity contribution in [3.8, 4) is 0 Å². The second kappa shape index (κ2) is 5.46. The number of alkyl halides is 12. The smallest absolute Gasteiger partial charge is 0.384 e. The fourth-order valence-corrected chi connectivity index (χ4v) is 2.86. The lowest BCUT2D eigenvalue weighted by Gasteiger charge is -2.52. The van der Waals surface area contributed by atoms with Crippen molar-refractivity contribution in [1.29, 1.82) is 0 Å². The van der Waals surface area contributed by atoms with Gasteiger partial charge in [0.15, 0.2) is 0 Å². The summed E-state index contributed by atoms with van der Waals surface area (Å²) in [5, 5.41) is 0. The molecule has 0 aromatic rings. The summed E-state index contributed by atoms with van der Waals surface area (Å²) in [4.78, 5) is 11.0. The SMILES string of the molecule is COC(=O)C(I)CC1(F)C(F)(F)C(F)(F)C(F)(F)C(F)(F)C1(F)F. The molecule has 1 atom stereocenters. The molecule has 2 nitrogen and oxygen atoms in total. The largest absolute Gasteiger partial charge is 0.468 e. The predicted octanol–water partition coefficient (Wildman–Crippen LogP) is 4.25. The molecule has 0 aromatic heterocycles. The maximum atomic E-state index is 14.2. The fraction of sp³-hybridized carbons (Fsp3) is 0.900. The molecule has 0 spiro atoms. The van der Waals surface area contributed by atoms with Gasteiger partial charge in [0.25, 0.3) is 5.67 Å². The van der Waals surface area contributed by atoms with Gasteiger partial charge in [0.05, 0.1) is 7.11 Å². The zero-order valence-electron chi connectivity index (χ0n) is 11.1. The van der Waals surface area contributed by atoms with Crippen LogP contribution in [0.1, 0.15) is 6.42 Å². The summed E-state index contributed by atoms with van der Waals surface area (Å²) in [5.41, 5.74) is -6.16. The van der Waals surface area contributed by atoms with E-state index < -0.39 is 51.6 Å². The third-order valence-corrected chi connectivity index (χ3v) is 4.44. The average Bonchev–Trinajstić information content (AvgIpc) is 2.43. The molecule has 142 valence electrons. The molecule has 24 heavy (non-hydrogen) atoms. The Balaban J connectivity index is 3.66. The van der Waals surface area contributed by atoms with Crippen molar-refractivity contribution in [1.82, 2.24) is 0 Å². The molecule has 0 aliphatic heterocycles. The first kappa shape index (κ1) is 21.5. The normalized spacial score (nSPS) is 29.5. The summed E-state index contributed by atoms with van der Waals surface area (Å²) in [6.45, 7) is 0. The van der Waals surface area contributed by atoms with Gasteiger partial charge < -0.3 is 4.74 Å². The molecule has 0 bridgehead atoms. The first-order chi connectivity index (χ1) is 10.4. The third kappa shape index (κ3) is 2.15. The number of carbonyl (C=O) groups excluding carboxylic acids is 1. The Morgan fingerprint density at radius 2 is 1.08 bits per heavy atom. The van der Waals surface area contributed by atoms with E-state index in [0.29, 0.717) is 29.7 Å². The number of halogens is 12. The average molecular weight is 494 g/mol. The van der Waals surface area contributed by atoms with E-state index in [9.17, 15) is 53.1 Å². The number of esters is 1. The van der Waals surface area contributed by atoms with Gasteiger partial charge in [0, 0.05) is 6.42 Å². The molecule has 1 aliphatic carbocycles. The summed E-state index contributed by atoms with van der Waals surface area (Å²) in [6, 6.07) is 0. The number of hydrogen-bond acceptors (Lipinski definition) is 2. The highest BCUT2D eigenvalue weighted by Crippen LogP contribution is 2.70. The molecular formula is C10H6F11IO2. The van der Waals surface area contributed by atoms with E-state index in [1.165, 1.54) is 0 Å². The number of rotatable bonds is 3. The van der Waals surface area contributed by atoms with Crippen LogP contribution in [-0.4, -0.2) is 52.3 Å². The van der Waals surface area contributed by atoms with Crippen molar-refractivity contribution < 1.29 is 57.8 Å². The van der Waals surface area contributed by atoms with Gasteiger partial charge in [-0.05, 0) is 0 Å². The van der Waals surface area contributed by atoms with Gasteiger partial charge in [-0.15, -0.1) is 0 Å². The Hall–Kier alpha value is -0.570. The monoisotopic (exact) mass is 494 g/mol. The summed E-state index contributed by atoms with van der Waals surface area (Å²) in [5.74, 6) is -37.1. The molecule has 0 heterocycles. The Morgan fingerprint density at radius 1 is 0.792 bits per heavy atom. The number of carbonyl (C=O) groups is 1. The standard InChI is InChI=1S/C10H6F11IO2/c1-24-4(23)3(22)2-5(11)6(12,13)8(16,17)10(20,21)9(18,19)7(5,14)15/h3H,2H2,1H3. The van der Waals surface area contributed by atoms with E-state index in [2.05, 4.69) is 4.74 Å². The van der Waals surface area contributed by atoms with Crippen molar-refractivity contribution >= 4 is 28.6 Å². The Morgan fingerprint density at radius 3 is 1.38 bits per heavy atom. The van der Waals surface area contributed by atoms with Crippen LogP contribution in [0.25, 0.3) is 0 Å². The minimum atomic E-state index is -7.26. The molecule has 1 aliphatic rings. The molecule has 1 rings (SSSR count). The second-order valence-electron chi connectivity index (χ2n) is 4.87. The number of methoxy groups -OCH3 is 1. The molecule has 14 heteroatoms. The maximum absolute atomic E-state index is 14.2. The highest BCUT2D eigenvalue weighted by atomic mass is 127. The molecule has 1 fully saturated rings.